The zero-order valence-corrected chi connectivity index (χ0v) is 18.4. The molecule has 2 atom stereocenters. The highest BCUT2D eigenvalue weighted by molar-refractivity contribution is 7.80. The number of aromatic amines is 1. The van der Waals surface area contributed by atoms with Gasteiger partial charge < -0.3 is 19.4 Å². The third kappa shape index (κ3) is 2.45. The summed E-state index contributed by atoms with van der Waals surface area (Å²) < 4.78 is 11.2. The highest BCUT2D eigenvalue weighted by Crippen LogP contribution is 2.47. The van der Waals surface area contributed by atoms with E-state index < -0.39 is 0 Å². The molecular weight excluding hydrogens is 422 g/mol. The van der Waals surface area contributed by atoms with Crippen LogP contribution in [0, 0.1) is 0 Å². The minimum Gasteiger partial charge on any atom is -0.454 e. The van der Waals surface area contributed by atoms with Gasteiger partial charge in [-0.05, 0) is 54.4 Å². The van der Waals surface area contributed by atoms with Gasteiger partial charge in [-0.25, -0.2) is 0 Å². The average Bonchev–Trinajstić information content (AvgIpc) is 3.59. The second kappa shape index (κ2) is 6.72. The summed E-state index contributed by atoms with van der Waals surface area (Å²) in [4.78, 5) is 21.5. The fraction of sp³-hybridized carbons (Fsp3) is 0.360. The van der Waals surface area contributed by atoms with E-state index in [0.717, 1.165) is 54.0 Å². The third-order valence-electron chi connectivity index (χ3n) is 7.48. The first kappa shape index (κ1) is 18.5. The molecule has 0 spiro atoms. The van der Waals surface area contributed by atoms with Gasteiger partial charge in [0.05, 0.1) is 6.04 Å². The monoisotopic (exact) mass is 445 g/mol. The van der Waals surface area contributed by atoms with E-state index in [0.29, 0.717) is 11.5 Å². The molecule has 1 aliphatic carbocycles. The standard InChI is InChI=1S/C25H23N3O3S/c29-24-19-12-17-16-7-3-4-8-18(16)26-22(17)23(14-9-10-20-21(11-14)31-13-30-20)28(19)25(32)27(24)15-5-1-2-6-15/h3-4,7-11,15,19,23,26H,1-2,5-6,12-13H2. The fourth-order valence-corrected chi connectivity index (χ4v) is 6.49. The molecule has 4 aliphatic rings. The molecule has 2 fully saturated rings. The van der Waals surface area contributed by atoms with Gasteiger partial charge in [0.15, 0.2) is 16.6 Å². The first-order chi connectivity index (χ1) is 15.7. The van der Waals surface area contributed by atoms with Crippen LogP contribution in [0.4, 0.5) is 0 Å². The number of nitrogens with one attached hydrogen (secondary N) is 1. The van der Waals surface area contributed by atoms with E-state index in [4.69, 9.17) is 21.7 Å². The number of aromatic nitrogens is 1. The lowest BCUT2D eigenvalue weighted by Gasteiger charge is -2.37. The largest absolute Gasteiger partial charge is 0.454 e. The molecule has 1 saturated carbocycles. The summed E-state index contributed by atoms with van der Waals surface area (Å²) in [5.74, 6) is 1.65. The Morgan fingerprint density at radius 1 is 1.03 bits per heavy atom. The molecule has 0 radical (unpaired) electrons. The molecule has 1 aromatic heterocycles. The lowest BCUT2D eigenvalue weighted by molar-refractivity contribution is -0.129. The molecule has 2 unspecified atom stereocenters. The van der Waals surface area contributed by atoms with Gasteiger partial charge in [-0.15, -0.1) is 0 Å². The molecule has 162 valence electrons. The van der Waals surface area contributed by atoms with Crippen molar-refractivity contribution in [3.8, 4) is 11.5 Å². The van der Waals surface area contributed by atoms with Crippen molar-refractivity contribution in [2.24, 2.45) is 0 Å². The van der Waals surface area contributed by atoms with Crippen LogP contribution in [0.3, 0.4) is 0 Å². The summed E-state index contributed by atoms with van der Waals surface area (Å²) in [5.41, 5.74) is 4.48. The van der Waals surface area contributed by atoms with Crippen molar-refractivity contribution in [2.75, 3.05) is 6.79 Å². The van der Waals surface area contributed by atoms with Gasteiger partial charge in [0.1, 0.15) is 6.04 Å². The summed E-state index contributed by atoms with van der Waals surface area (Å²) in [6, 6.07) is 14.2. The highest BCUT2D eigenvalue weighted by atomic mass is 32.1. The molecule has 3 aromatic rings. The van der Waals surface area contributed by atoms with Gasteiger partial charge in [0.25, 0.3) is 5.91 Å². The summed E-state index contributed by atoms with van der Waals surface area (Å²) in [6.07, 6.45) is 5.07. The number of fused-ring (bicyclic) bond motifs is 5. The molecule has 0 bridgehead atoms. The zero-order chi connectivity index (χ0) is 21.4. The van der Waals surface area contributed by atoms with E-state index >= 15 is 0 Å². The Kier molecular flexibility index (Phi) is 3.89. The van der Waals surface area contributed by atoms with Gasteiger partial charge in [0.2, 0.25) is 6.79 Å². The van der Waals surface area contributed by atoms with Gasteiger partial charge in [-0.3, -0.25) is 9.69 Å². The van der Waals surface area contributed by atoms with E-state index in [1.807, 2.05) is 23.1 Å². The quantitative estimate of drug-likeness (QED) is 0.597. The number of para-hydroxylation sites is 1. The van der Waals surface area contributed by atoms with Crippen LogP contribution in [-0.2, 0) is 11.2 Å². The van der Waals surface area contributed by atoms with Crippen molar-refractivity contribution < 1.29 is 14.3 Å². The van der Waals surface area contributed by atoms with E-state index in [1.54, 1.807) is 0 Å². The molecule has 4 heterocycles. The highest BCUT2D eigenvalue weighted by Gasteiger charge is 2.52. The summed E-state index contributed by atoms with van der Waals surface area (Å²) in [5, 5.41) is 1.85. The number of amides is 1. The predicted octanol–water partition coefficient (Wildman–Crippen LogP) is 4.28. The average molecular weight is 446 g/mol. The number of thiocarbonyl (C=S) groups is 1. The van der Waals surface area contributed by atoms with E-state index in [1.165, 1.54) is 10.9 Å². The van der Waals surface area contributed by atoms with Gasteiger partial charge >= 0.3 is 0 Å². The Labute approximate surface area is 191 Å². The van der Waals surface area contributed by atoms with Crippen molar-refractivity contribution in [2.45, 2.75) is 50.2 Å². The lowest BCUT2D eigenvalue weighted by Crippen LogP contribution is -2.44. The van der Waals surface area contributed by atoms with Crippen molar-refractivity contribution in [3.63, 3.8) is 0 Å². The second-order valence-electron chi connectivity index (χ2n) is 9.13. The van der Waals surface area contributed by atoms with Crippen LogP contribution in [0.2, 0.25) is 0 Å². The third-order valence-corrected chi connectivity index (χ3v) is 7.89. The van der Waals surface area contributed by atoms with E-state index in [2.05, 4.69) is 34.1 Å². The maximum Gasteiger partial charge on any atom is 0.252 e. The Hall–Kier alpha value is -3.06. The molecule has 1 amide bonds. The van der Waals surface area contributed by atoms with Gasteiger partial charge in [0, 0.05) is 29.1 Å². The number of nitrogens with zero attached hydrogens (tertiary/aromatic N) is 2. The number of ether oxygens (including phenoxy) is 2. The summed E-state index contributed by atoms with van der Waals surface area (Å²) in [7, 11) is 0. The van der Waals surface area contributed by atoms with Crippen LogP contribution >= 0.6 is 12.2 Å². The number of carbonyl (C=O) groups excluding carboxylic acids is 1. The minimum atomic E-state index is -0.273. The smallest absolute Gasteiger partial charge is 0.252 e. The zero-order valence-electron chi connectivity index (χ0n) is 17.5. The number of rotatable bonds is 2. The molecule has 6 nitrogen and oxygen atoms in total. The molecule has 3 aliphatic heterocycles. The van der Waals surface area contributed by atoms with Gasteiger partial charge in [-0.1, -0.05) is 37.1 Å². The molecule has 1 N–H and O–H groups in total. The topological polar surface area (TPSA) is 57.8 Å². The van der Waals surface area contributed by atoms with Crippen LogP contribution in [0.1, 0.15) is 48.5 Å². The van der Waals surface area contributed by atoms with Crippen molar-refractivity contribution in [1.82, 2.24) is 14.8 Å². The molecular formula is C25H23N3O3S. The minimum absolute atomic E-state index is 0.156. The Balaban J connectivity index is 1.41. The maximum atomic E-state index is 13.7. The van der Waals surface area contributed by atoms with Crippen LogP contribution in [0.5, 0.6) is 11.5 Å². The van der Waals surface area contributed by atoms with Crippen LogP contribution in [-0.4, -0.2) is 44.7 Å². The first-order valence-corrected chi connectivity index (χ1v) is 11.8. The molecule has 1 saturated heterocycles. The van der Waals surface area contributed by atoms with Crippen molar-refractivity contribution >= 4 is 34.1 Å². The van der Waals surface area contributed by atoms with Crippen LogP contribution in [0.15, 0.2) is 42.5 Å². The molecule has 2 aromatic carbocycles. The lowest BCUT2D eigenvalue weighted by atomic mass is 9.88. The maximum absolute atomic E-state index is 13.7. The Morgan fingerprint density at radius 2 is 1.84 bits per heavy atom. The van der Waals surface area contributed by atoms with Crippen molar-refractivity contribution in [1.29, 1.82) is 0 Å². The number of hydrogen-bond donors (Lipinski definition) is 1. The van der Waals surface area contributed by atoms with E-state index in [-0.39, 0.29) is 30.8 Å². The van der Waals surface area contributed by atoms with E-state index in [9.17, 15) is 4.79 Å². The number of benzene rings is 2. The Morgan fingerprint density at radius 3 is 2.72 bits per heavy atom. The fourth-order valence-electron chi connectivity index (χ4n) is 6.02. The molecule has 7 rings (SSSR count). The second-order valence-corrected chi connectivity index (χ2v) is 9.50. The van der Waals surface area contributed by atoms with Gasteiger partial charge in [-0.2, -0.15) is 0 Å². The van der Waals surface area contributed by atoms with Crippen molar-refractivity contribution in [3.05, 3.63) is 59.3 Å². The summed E-state index contributed by atoms with van der Waals surface area (Å²) in [6.45, 7) is 0.236. The first-order valence-electron chi connectivity index (χ1n) is 11.3. The number of H-pyrrole nitrogens is 1. The molecule has 32 heavy (non-hydrogen) atoms. The normalized spacial score (nSPS) is 24.5. The Bertz CT molecular complexity index is 1280. The van der Waals surface area contributed by atoms with Crippen LogP contribution in [0.25, 0.3) is 10.9 Å². The number of carbonyl (C=O) groups is 1. The predicted molar refractivity (Wildman–Crippen MR) is 124 cm³/mol. The number of hydrogen-bond acceptors (Lipinski definition) is 4. The summed E-state index contributed by atoms with van der Waals surface area (Å²) >= 11 is 6.00. The molecule has 7 heteroatoms. The SMILES string of the molecule is O=C1C2Cc3c([nH]c4ccccc34)C(c3ccc4c(c3)OCO4)N2C(=S)N1C1CCCC1. The van der Waals surface area contributed by atoms with Crippen LogP contribution < -0.4 is 9.47 Å².